The third-order valence-corrected chi connectivity index (χ3v) is 5.81. The summed E-state index contributed by atoms with van der Waals surface area (Å²) in [7, 11) is 1.53. The minimum atomic E-state index is -0.497. The summed E-state index contributed by atoms with van der Waals surface area (Å²) < 4.78 is 26.2. The van der Waals surface area contributed by atoms with Crippen LogP contribution in [0.5, 0.6) is 11.5 Å². The Morgan fingerprint density at radius 1 is 0.846 bits per heavy atom. The number of methoxy groups -OCH3 is 1. The van der Waals surface area contributed by atoms with Crippen molar-refractivity contribution in [3.05, 3.63) is 83.9 Å². The summed E-state index contributed by atoms with van der Waals surface area (Å²) in [5.74, 6) is -0.0697. The number of benzene rings is 3. The molecule has 3 rings (SSSR count). The predicted molar refractivity (Wildman–Crippen MR) is 147 cm³/mol. The number of aryl methyl sites for hydroxylation is 1. The van der Waals surface area contributed by atoms with Crippen LogP contribution in [0.4, 0.5) is 0 Å². The van der Waals surface area contributed by atoms with Crippen LogP contribution >= 0.6 is 0 Å². The van der Waals surface area contributed by atoms with Crippen molar-refractivity contribution in [2.24, 2.45) is 0 Å². The molecule has 0 unspecified atom stereocenters. The van der Waals surface area contributed by atoms with Gasteiger partial charge in [-0.2, -0.15) is 0 Å². The molecule has 39 heavy (non-hydrogen) atoms. The fraction of sp³-hybridized carbons (Fsp3) is 0.258. The van der Waals surface area contributed by atoms with Gasteiger partial charge in [-0.25, -0.2) is 9.59 Å². The Hall–Kier alpha value is -4.43. The molecule has 3 aromatic rings. The molecule has 0 amide bonds. The smallest absolute Gasteiger partial charge is 0.338 e. The quantitative estimate of drug-likeness (QED) is 0.118. The average molecular weight is 533 g/mol. The van der Waals surface area contributed by atoms with Crippen molar-refractivity contribution in [1.29, 1.82) is 0 Å². The first-order valence-corrected chi connectivity index (χ1v) is 12.5. The average Bonchev–Trinajstić information content (AvgIpc) is 2.95. The largest absolute Gasteiger partial charge is 0.489 e. The number of ether oxygens (including phenoxy) is 5. The number of rotatable bonds is 14. The van der Waals surface area contributed by atoms with E-state index in [0.717, 1.165) is 34.2 Å². The molecule has 0 aliphatic rings. The van der Waals surface area contributed by atoms with Gasteiger partial charge in [-0.05, 0) is 65.9 Å². The number of esters is 2. The molecule has 3 aromatic carbocycles. The lowest BCUT2D eigenvalue weighted by atomic mass is 9.93. The van der Waals surface area contributed by atoms with Gasteiger partial charge < -0.3 is 23.7 Å². The maximum Gasteiger partial charge on any atom is 0.338 e. The molecule has 0 heterocycles. The number of hydrogen-bond acceptors (Lipinski definition) is 8. The normalized spacial score (nSPS) is 10.4. The van der Waals surface area contributed by atoms with E-state index in [-0.39, 0.29) is 19.8 Å². The topological polar surface area (TPSA) is 97.4 Å². The maximum atomic E-state index is 12.5. The highest BCUT2D eigenvalue weighted by molar-refractivity contribution is 5.91. The lowest BCUT2D eigenvalue weighted by Crippen LogP contribution is -2.13. The fourth-order valence-corrected chi connectivity index (χ4v) is 3.82. The van der Waals surface area contributed by atoms with Crippen molar-refractivity contribution in [2.75, 3.05) is 33.5 Å². The van der Waals surface area contributed by atoms with Crippen LogP contribution in [-0.4, -0.2) is 51.9 Å². The first-order chi connectivity index (χ1) is 18.9. The van der Waals surface area contributed by atoms with Crippen LogP contribution in [0.2, 0.25) is 0 Å². The van der Waals surface area contributed by atoms with Crippen LogP contribution in [0.1, 0.15) is 29.8 Å². The van der Waals surface area contributed by atoms with Crippen LogP contribution in [0, 0.1) is 0 Å². The highest BCUT2D eigenvalue weighted by Crippen LogP contribution is 2.35. The van der Waals surface area contributed by atoms with E-state index in [1.807, 2.05) is 30.3 Å². The molecule has 0 spiro atoms. The van der Waals surface area contributed by atoms with Gasteiger partial charge in [0.2, 0.25) is 0 Å². The minimum Gasteiger partial charge on any atom is -0.489 e. The van der Waals surface area contributed by atoms with E-state index in [9.17, 15) is 14.4 Å². The highest BCUT2D eigenvalue weighted by Gasteiger charge is 2.15. The van der Waals surface area contributed by atoms with Crippen LogP contribution < -0.4 is 9.47 Å². The summed E-state index contributed by atoms with van der Waals surface area (Å²) in [4.78, 5) is 34.8. The van der Waals surface area contributed by atoms with E-state index < -0.39 is 11.9 Å². The summed E-state index contributed by atoms with van der Waals surface area (Å²) in [6.45, 7) is 8.14. The van der Waals surface area contributed by atoms with Gasteiger partial charge in [0.05, 0.1) is 12.2 Å². The van der Waals surface area contributed by atoms with Crippen molar-refractivity contribution in [2.45, 2.75) is 20.3 Å². The lowest BCUT2D eigenvalue weighted by molar-refractivity contribution is -0.139. The second kappa shape index (κ2) is 14.5. The summed E-state index contributed by atoms with van der Waals surface area (Å²) in [5, 5.41) is 0. The Bertz CT molecular complexity index is 1310. The van der Waals surface area contributed by atoms with E-state index in [1.54, 1.807) is 31.2 Å². The van der Waals surface area contributed by atoms with Gasteiger partial charge in [-0.1, -0.05) is 43.8 Å². The number of carbonyl (C=O) groups excluding carboxylic acids is 3. The van der Waals surface area contributed by atoms with Crippen LogP contribution in [0.25, 0.3) is 22.3 Å². The van der Waals surface area contributed by atoms with Crippen molar-refractivity contribution < 1.29 is 38.1 Å². The van der Waals surface area contributed by atoms with Gasteiger partial charge in [0, 0.05) is 18.2 Å². The molecule has 0 fully saturated rings. The molecule has 0 radical (unpaired) electrons. The molecule has 0 saturated carbocycles. The molecular formula is C31H32O8. The molecule has 0 saturated heterocycles. The van der Waals surface area contributed by atoms with E-state index in [4.69, 9.17) is 23.7 Å². The monoisotopic (exact) mass is 532 g/mol. The molecule has 0 aliphatic heterocycles. The van der Waals surface area contributed by atoms with Gasteiger partial charge in [0.1, 0.15) is 31.3 Å². The molecular weight excluding hydrogens is 500 g/mol. The zero-order chi connectivity index (χ0) is 28.2. The highest BCUT2D eigenvalue weighted by atomic mass is 16.6. The second-order valence-electron chi connectivity index (χ2n) is 8.57. The van der Waals surface area contributed by atoms with Gasteiger partial charge in [-0.3, -0.25) is 4.79 Å². The zero-order valence-electron chi connectivity index (χ0n) is 22.4. The molecule has 8 nitrogen and oxygen atoms in total. The van der Waals surface area contributed by atoms with Crippen molar-refractivity contribution in [3.8, 4) is 33.8 Å². The fourth-order valence-electron chi connectivity index (χ4n) is 3.82. The Labute approximate surface area is 228 Å². The van der Waals surface area contributed by atoms with Crippen molar-refractivity contribution in [3.63, 3.8) is 0 Å². The van der Waals surface area contributed by atoms with Crippen molar-refractivity contribution in [1.82, 2.24) is 0 Å². The van der Waals surface area contributed by atoms with Gasteiger partial charge in [0.15, 0.2) is 0 Å². The third-order valence-electron chi connectivity index (χ3n) is 5.81. The summed E-state index contributed by atoms with van der Waals surface area (Å²) in [6, 6.07) is 18.5. The zero-order valence-corrected chi connectivity index (χ0v) is 22.4. The molecule has 0 aliphatic carbocycles. The molecule has 0 aromatic heterocycles. The second-order valence-corrected chi connectivity index (χ2v) is 8.57. The van der Waals surface area contributed by atoms with Crippen molar-refractivity contribution >= 4 is 18.4 Å². The number of hydrogen-bond donors (Lipinski definition) is 0. The summed E-state index contributed by atoms with van der Waals surface area (Å²) in [6.07, 6.45) is 0.771. The summed E-state index contributed by atoms with van der Waals surface area (Å²) in [5.41, 5.74) is 5.42. The first-order valence-electron chi connectivity index (χ1n) is 12.5. The van der Waals surface area contributed by atoms with Crippen LogP contribution in [-0.2, 0) is 30.2 Å². The molecule has 8 heteroatoms. The Morgan fingerprint density at radius 3 is 2.21 bits per heavy atom. The SMILES string of the molecule is C=C(C)C(=O)OCCOc1cc(C(=O)OCCOC)ccc1-c1ccc(-c2ccc(OC=O)cc2)c(CC)c1. The minimum absolute atomic E-state index is 0.0244. The maximum absolute atomic E-state index is 12.5. The Morgan fingerprint density at radius 2 is 1.54 bits per heavy atom. The standard InChI is InChI=1S/C31H32O8/c1-5-22-18-24(8-12-27(22)23-6-10-26(11-7-23)39-20-32)28-13-9-25(31(34)38-15-14-35-4)19-29(28)36-16-17-37-30(33)21(2)3/h6-13,18-20H,2,5,14-17H2,1,3-4H3. The van der Waals surface area contributed by atoms with Gasteiger partial charge >= 0.3 is 11.9 Å². The Kier molecular flexibility index (Phi) is 10.8. The van der Waals surface area contributed by atoms with Crippen LogP contribution in [0.3, 0.4) is 0 Å². The molecule has 0 N–H and O–H groups in total. The lowest BCUT2D eigenvalue weighted by Gasteiger charge is -2.16. The summed E-state index contributed by atoms with van der Waals surface area (Å²) >= 11 is 0. The van der Waals surface area contributed by atoms with E-state index in [2.05, 4.69) is 19.6 Å². The molecule has 204 valence electrons. The van der Waals surface area contributed by atoms with E-state index >= 15 is 0 Å². The predicted octanol–water partition coefficient (Wildman–Crippen LogP) is 5.42. The van der Waals surface area contributed by atoms with E-state index in [0.29, 0.717) is 35.7 Å². The van der Waals surface area contributed by atoms with Crippen LogP contribution in [0.15, 0.2) is 72.8 Å². The third kappa shape index (κ3) is 8.02. The Balaban J connectivity index is 1.91. The van der Waals surface area contributed by atoms with E-state index in [1.165, 1.54) is 7.11 Å². The number of carbonyl (C=O) groups is 3. The molecule has 0 atom stereocenters. The first kappa shape index (κ1) is 29.1. The molecule has 0 bridgehead atoms. The van der Waals surface area contributed by atoms with Gasteiger partial charge in [-0.15, -0.1) is 0 Å². The van der Waals surface area contributed by atoms with Gasteiger partial charge in [0.25, 0.3) is 6.47 Å².